The van der Waals surface area contributed by atoms with Crippen molar-refractivity contribution in [3.8, 4) is 17.0 Å². The van der Waals surface area contributed by atoms with Crippen molar-refractivity contribution in [2.45, 2.75) is 24.3 Å². The average molecular weight is 415 g/mol. The van der Waals surface area contributed by atoms with Crippen LogP contribution in [0.25, 0.3) is 11.3 Å². The van der Waals surface area contributed by atoms with E-state index in [-0.39, 0.29) is 28.6 Å². The Bertz CT molecular complexity index is 801. The predicted molar refractivity (Wildman–Crippen MR) is 99.2 cm³/mol. The molecule has 1 aromatic heterocycles. The molecule has 6 nitrogen and oxygen atoms in total. The van der Waals surface area contributed by atoms with Crippen LogP contribution in [0, 0.1) is 0 Å². The number of carbonyl (C=O) groups is 1. The van der Waals surface area contributed by atoms with E-state index in [1.165, 1.54) is 14.2 Å². The van der Waals surface area contributed by atoms with Gasteiger partial charge in [-0.1, -0.05) is 11.8 Å². The molecular formula is C18H20F3N3O3S. The maximum Gasteiger partial charge on any atom is 0.433 e. The number of nitrogens with one attached hydrogen (secondary N) is 1. The average Bonchev–Trinajstić information content (AvgIpc) is 2.65. The molecular weight excluding hydrogens is 395 g/mol. The molecule has 1 atom stereocenters. The number of amides is 1. The zero-order chi connectivity index (χ0) is 20.7. The fraction of sp³-hybridized carbons (Fsp3) is 0.389. The van der Waals surface area contributed by atoms with Gasteiger partial charge in [0.05, 0.1) is 25.2 Å². The number of aromatic nitrogens is 2. The molecule has 1 heterocycles. The fourth-order valence-corrected chi connectivity index (χ4v) is 2.95. The van der Waals surface area contributed by atoms with Crippen molar-refractivity contribution in [2.75, 3.05) is 26.6 Å². The minimum absolute atomic E-state index is 0.112. The molecule has 0 saturated carbocycles. The molecule has 28 heavy (non-hydrogen) atoms. The maximum atomic E-state index is 13.2. The number of nitrogens with zero attached hydrogens (tertiary/aromatic N) is 2. The molecule has 1 aromatic carbocycles. The fourth-order valence-electron chi connectivity index (χ4n) is 2.28. The minimum Gasteiger partial charge on any atom is -0.497 e. The second kappa shape index (κ2) is 9.74. The zero-order valence-corrected chi connectivity index (χ0v) is 16.4. The van der Waals surface area contributed by atoms with Crippen molar-refractivity contribution in [2.24, 2.45) is 0 Å². The lowest BCUT2D eigenvalue weighted by Crippen LogP contribution is -2.36. The number of hydrogen-bond donors (Lipinski definition) is 1. The predicted octanol–water partition coefficient (Wildman–Crippen LogP) is 3.41. The Balaban J connectivity index is 2.22. The van der Waals surface area contributed by atoms with Gasteiger partial charge >= 0.3 is 6.18 Å². The Labute approximate surface area is 164 Å². The van der Waals surface area contributed by atoms with Crippen LogP contribution in [-0.4, -0.2) is 48.5 Å². The molecule has 0 aliphatic carbocycles. The second-order valence-electron chi connectivity index (χ2n) is 5.86. The van der Waals surface area contributed by atoms with Gasteiger partial charge in [0.1, 0.15) is 11.4 Å². The van der Waals surface area contributed by atoms with E-state index in [0.717, 1.165) is 17.8 Å². The van der Waals surface area contributed by atoms with E-state index in [9.17, 15) is 18.0 Å². The molecule has 0 aliphatic rings. The molecule has 0 saturated heterocycles. The highest BCUT2D eigenvalue weighted by Crippen LogP contribution is 2.32. The zero-order valence-electron chi connectivity index (χ0n) is 15.5. The van der Waals surface area contributed by atoms with Crippen LogP contribution >= 0.6 is 11.8 Å². The Morgan fingerprint density at radius 3 is 2.46 bits per heavy atom. The summed E-state index contributed by atoms with van der Waals surface area (Å²) < 4.78 is 49.6. The first-order chi connectivity index (χ1) is 13.2. The third-order valence-electron chi connectivity index (χ3n) is 3.54. The molecule has 1 N–H and O–H groups in total. The summed E-state index contributed by atoms with van der Waals surface area (Å²) in [6.07, 6.45) is -4.63. The van der Waals surface area contributed by atoms with Crippen LogP contribution in [-0.2, 0) is 15.7 Å². The standard InChI is InChI=1S/C18H20F3N3O3S/c1-11(9-26-2)22-16(25)10-28-17-23-14(8-15(24-17)18(19,20)21)12-4-6-13(27-3)7-5-12/h4-8,11H,9-10H2,1-3H3,(H,22,25). The van der Waals surface area contributed by atoms with Crippen LogP contribution in [0.1, 0.15) is 12.6 Å². The molecule has 152 valence electrons. The van der Waals surface area contributed by atoms with Crippen LogP contribution in [0.15, 0.2) is 35.5 Å². The van der Waals surface area contributed by atoms with E-state index in [2.05, 4.69) is 15.3 Å². The van der Waals surface area contributed by atoms with Crippen molar-refractivity contribution in [1.29, 1.82) is 0 Å². The summed E-state index contributed by atoms with van der Waals surface area (Å²) in [5.41, 5.74) is -0.474. The van der Waals surface area contributed by atoms with E-state index >= 15 is 0 Å². The number of halogens is 3. The highest BCUT2D eigenvalue weighted by Gasteiger charge is 2.34. The van der Waals surface area contributed by atoms with Gasteiger partial charge in [0.25, 0.3) is 0 Å². The van der Waals surface area contributed by atoms with E-state index in [0.29, 0.717) is 17.9 Å². The van der Waals surface area contributed by atoms with Gasteiger partial charge in [-0.15, -0.1) is 0 Å². The monoisotopic (exact) mass is 415 g/mol. The molecule has 2 rings (SSSR count). The molecule has 1 amide bonds. The Hall–Kier alpha value is -2.33. The summed E-state index contributed by atoms with van der Waals surface area (Å²) in [5.74, 6) is 0.115. The molecule has 10 heteroatoms. The summed E-state index contributed by atoms with van der Waals surface area (Å²) >= 11 is 0.836. The van der Waals surface area contributed by atoms with Crippen LogP contribution in [0.4, 0.5) is 13.2 Å². The van der Waals surface area contributed by atoms with Gasteiger partial charge in [0, 0.05) is 18.7 Å². The molecule has 2 aromatic rings. The topological polar surface area (TPSA) is 73.3 Å². The number of benzene rings is 1. The largest absolute Gasteiger partial charge is 0.497 e. The maximum absolute atomic E-state index is 13.2. The van der Waals surface area contributed by atoms with Crippen molar-refractivity contribution < 1.29 is 27.4 Å². The molecule has 0 spiro atoms. The van der Waals surface area contributed by atoms with Gasteiger partial charge in [-0.25, -0.2) is 9.97 Å². The van der Waals surface area contributed by atoms with Crippen molar-refractivity contribution in [3.63, 3.8) is 0 Å². The van der Waals surface area contributed by atoms with Gasteiger partial charge in [-0.3, -0.25) is 4.79 Å². The number of ether oxygens (including phenoxy) is 2. The lowest BCUT2D eigenvalue weighted by Gasteiger charge is -2.13. The highest BCUT2D eigenvalue weighted by molar-refractivity contribution is 7.99. The number of carbonyl (C=O) groups excluding carboxylic acids is 1. The van der Waals surface area contributed by atoms with Crippen LogP contribution in [0.5, 0.6) is 5.75 Å². The van der Waals surface area contributed by atoms with E-state index in [4.69, 9.17) is 9.47 Å². The molecule has 0 fully saturated rings. The third-order valence-corrected chi connectivity index (χ3v) is 4.39. The normalized spacial score (nSPS) is 12.5. The van der Waals surface area contributed by atoms with Gasteiger partial charge in [0.15, 0.2) is 5.16 Å². The first-order valence-electron chi connectivity index (χ1n) is 8.24. The van der Waals surface area contributed by atoms with Crippen molar-refractivity contribution >= 4 is 17.7 Å². The van der Waals surface area contributed by atoms with Crippen LogP contribution in [0.3, 0.4) is 0 Å². The minimum atomic E-state index is -4.63. The number of hydrogen-bond acceptors (Lipinski definition) is 6. The van der Waals surface area contributed by atoms with E-state index < -0.39 is 11.9 Å². The first kappa shape index (κ1) is 22.0. The third kappa shape index (κ3) is 6.38. The molecule has 0 aliphatic heterocycles. The smallest absolute Gasteiger partial charge is 0.433 e. The Morgan fingerprint density at radius 2 is 1.89 bits per heavy atom. The highest BCUT2D eigenvalue weighted by atomic mass is 32.2. The number of rotatable bonds is 8. The Kier molecular flexibility index (Phi) is 7.64. The van der Waals surface area contributed by atoms with Gasteiger partial charge < -0.3 is 14.8 Å². The SMILES string of the molecule is COCC(C)NC(=O)CSc1nc(-c2ccc(OC)cc2)cc(C(F)(F)F)n1. The summed E-state index contributed by atoms with van der Waals surface area (Å²) in [6.45, 7) is 2.09. The van der Waals surface area contributed by atoms with Crippen LogP contribution < -0.4 is 10.1 Å². The van der Waals surface area contributed by atoms with E-state index in [1.54, 1.807) is 31.2 Å². The van der Waals surface area contributed by atoms with Gasteiger partial charge in [-0.05, 0) is 37.3 Å². The molecule has 0 radical (unpaired) electrons. The van der Waals surface area contributed by atoms with E-state index in [1.807, 2.05) is 0 Å². The number of thioether (sulfide) groups is 1. The quantitative estimate of drug-likeness (QED) is 0.526. The number of methoxy groups -OCH3 is 2. The second-order valence-corrected chi connectivity index (χ2v) is 6.80. The van der Waals surface area contributed by atoms with Crippen molar-refractivity contribution in [1.82, 2.24) is 15.3 Å². The van der Waals surface area contributed by atoms with Crippen LogP contribution in [0.2, 0.25) is 0 Å². The Morgan fingerprint density at radius 1 is 1.21 bits per heavy atom. The lowest BCUT2D eigenvalue weighted by atomic mass is 10.1. The summed E-state index contributed by atoms with van der Waals surface area (Å²) in [6, 6.07) is 7.14. The van der Waals surface area contributed by atoms with Gasteiger partial charge in [0.2, 0.25) is 5.91 Å². The summed E-state index contributed by atoms with van der Waals surface area (Å²) in [4.78, 5) is 19.6. The molecule has 0 bridgehead atoms. The molecule has 1 unspecified atom stereocenters. The first-order valence-corrected chi connectivity index (χ1v) is 9.23. The lowest BCUT2D eigenvalue weighted by molar-refractivity contribution is -0.141. The van der Waals surface area contributed by atoms with Crippen molar-refractivity contribution in [3.05, 3.63) is 36.0 Å². The summed E-state index contributed by atoms with van der Waals surface area (Å²) in [5, 5.41) is 2.55. The van der Waals surface area contributed by atoms with Gasteiger partial charge in [-0.2, -0.15) is 13.2 Å². The summed E-state index contributed by atoms with van der Waals surface area (Å²) in [7, 11) is 3.00. The number of alkyl halides is 3.